The summed E-state index contributed by atoms with van der Waals surface area (Å²) in [5, 5.41) is 9.83. The molecule has 2 rings (SSSR count). The van der Waals surface area contributed by atoms with Crippen LogP contribution in [0.25, 0.3) is 0 Å². The molecule has 3 nitrogen and oxygen atoms in total. The SMILES string of the molecule is Cc1ccnc(N2CCC(C)(O)C2)c1. The first-order valence-corrected chi connectivity index (χ1v) is 4.97. The van der Waals surface area contributed by atoms with Crippen molar-refractivity contribution in [3.63, 3.8) is 0 Å². The quantitative estimate of drug-likeness (QED) is 0.729. The number of aryl methyl sites for hydroxylation is 1. The van der Waals surface area contributed by atoms with Gasteiger partial charge in [-0.2, -0.15) is 0 Å². The Morgan fingerprint density at radius 2 is 2.36 bits per heavy atom. The summed E-state index contributed by atoms with van der Waals surface area (Å²) in [5.74, 6) is 0.975. The second-order valence-corrected chi connectivity index (χ2v) is 4.36. The van der Waals surface area contributed by atoms with Crippen LogP contribution in [0.4, 0.5) is 5.82 Å². The van der Waals surface area contributed by atoms with E-state index in [2.05, 4.69) is 22.9 Å². The third-order valence-corrected chi connectivity index (χ3v) is 2.68. The lowest BCUT2D eigenvalue weighted by molar-refractivity contribution is 0.0839. The fourth-order valence-corrected chi connectivity index (χ4v) is 1.83. The molecule has 1 saturated heterocycles. The lowest BCUT2D eigenvalue weighted by atomic mass is 10.1. The molecule has 0 saturated carbocycles. The van der Waals surface area contributed by atoms with Crippen LogP contribution in [0.15, 0.2) is 18.3 Å². The summed E-state index contributed by atoms with van der Waals surface area (Å²) in [5.41, 5.74) is 0.660. The maximum absolute atomic E-state index is 9.83. The Labute approximate surface area is 84.4 Å². The van der Waals surface area contributed by atoms with Gasteiger partial charge in [-0.1, -0.05) is 0 Å². The van der Waals surface area contributed by atoms with Gasteiger partial charge in [-0.3, -0.25) is 0 Å². The highest BCUT2D eigenvalue weighted by Crippen LogP contribution is 2.24. The smallest absolute Gasteiger partial charge is 0.128 e. The van der Waals surface area contributed by atoms with E-state index < -0.39 is 5.60 Å². The third kappa shape index (κ3) is 1.87. The van der Waals surface area contributed by atoms with E-state index in [1.165, 1.54) is 5.56 Å². The number of aliphatic hydroxyl groups is 1. The molecular weight excluding hydrogens is 176 g/mol. The highest BCUT2D eigenvalue weighted by Gasteiger charge is 2.31. The van der Waals surface area contributed by atoms with E-state index in [9.17, 15) is 5.11 Å². The van der Waals surface area contributed by atoms with E-state index in [-0.39, 0.29) is 0 Å². The van der Waals surface area contributed by atoms with Gasteiger partial charge in [-0.15, -0.1) is 0 Å². The topological polar surface area (TPSA) is 36.4 Å². The van der Waals surface area contributed by atoms with Crippen LogP contribution < -0.4 is 4.90 Å². The van der Waals surface area contributed by atoms with Crippen LogP contribution in [0.5, 0.6) is 0 Å². The van der Waals surface area contributed by atoms with Crippen LogP contribution in [-0.2, 0) is 0 Å². The van der Waals surface area contributed by atoms with Crippen LogP contribution in [0.1, 0.15) is 18.9 Å². The molecule has 1 aromatic rings. The number of anilines is 1. The minimum absolute atomic E-state index is 0.550. The van der Waals surface area contributed by atoms with Crippen LogP contribution in [0, 0.1) is 6.92 Å². The molecule has 1 aliphatic rings. The van der Waals surface area contributed by atoms with Gasteiger partial charge >= 0.3 is 0 Å². The molecule has 0 bridgehead atoms. The summed E-state index contributed by atoms with van der Waals surface area (Å²) in [6.45, 7) is 5.51. The number of aromatic nitrogens is 1. The van der Waals surface area contributed by atoms with Crippen molar-refractivity contribution in [1.29, 1.82) is 0 Å². The second-order valence-electron chi connectivity index (χ2n) is 4.36. The van der Waals surface area contributed by atoms with E-state index in [4.69, 9.17) is 0 Å². The third-order valence-electron chi connectivity index (χ3n) is 2.68. The summed E-state index contributed by atoms with van der Waals surface area (Å²) in [6.07, 6.45) is 2.64. The van der Waals surface area contributed by atoms with Crippen molar-refractivity contribution < 1.29 is 5.11 Å². The molecular formula is C11H16N2O. The molecule has 14 heavy (non-hydrogen) atoms. The highest BCUT2D eigenvalue weighted by atomic mass is 16.3. The van der Waals surface area contributed by atoms with Gasteiger partial charge in [0.15, 0.2) is 0 Å². The number of hydrogen-bond acceptors (Lipinski definition) is 3. The lowest BCUT2D eigenvalue weighted by Crippen LogP contribution is -2.29. The van der Waals surface area contributed by atoms with Crippen molar-refractivity contribution >= 4 is 5.82 Å². The monoisotopic (exact) mass is 192 g/mol. The first-order chi connectivity index (χ1) is 6.57. The zero-order valence-electron chi connectivity index (χ0n) is 8.70. The Kier molecular flexibility index (Phi) is 2.19. The molecule has 2 heterocycles. The van der Waals surface area contributed by atoms with E-state index in [0.717, 1.165) is 18.8 Å². The summed E-state index contributed by atoms with van der Waals surface area (Å²) < 4.78 is 0. The Balaban J connectivity index is 2.17. The van der Waals surface area contributed by atoms with Gasteiger partial charge in [0.2, 0.25) is 0 Å². The zero-order chi connectivity index (χ0) is 10.2. The van der Waals surface area contributed by atoms with Crippen molar-refractivity contribution in [2.45, 2.75) is 25.9 Å². The summed E-state index contributed by atoms with van der Waals surface area (Å²) >= 11 is 0. The standard InChI is InChI=1S/C11H16N2O/c1-9-3-5-12-10(7-9)13-6-4-11(2,14)8-13/h3,5,7,14H,4,6,8H2,1-2H3. The molecule has 0 aliphatic carbocycles. The summed E-state index contributed by atoms with van der Waals surface area (Å²) in [6, 6.07) is 4.04. The van der Waals surface area contributed by atoms with Crippen molar-refractivity contribution in [3.8, 4) is 0 Å². The van der Waals surface area contributed by atoms with Gasteiger partial charge in [0.05, 0.1) is 5.60 Å². The predicted octanol–water partition coefficient (Wildman–Crippen LogP) is 1.35. The Bertz CT molecular complexity index is 336. The summed E-state index contributed by atoms with van der Waals surface area (Å²) in [7, 11) is 0. The molecule has 1 aromatic heterocycles. The van der Waals surface area contributed by atoms with Crippen molar-refractivity contribution in [3.05, 3.63) is 23.9 Å². The molecule has 0 spiro atoms. The van der Waals surface area contributed by atoms with Crippen LogP contribution in [0.3, 0.4) is 0 Å². The van der Waals surface area contributed by atoms with E-state index in [1.54, 1.807) is 0 Å². The predicted molar refractivity (Wildman–Crippen MR) is 56.4 cm³/mol. The number of rotatable bonds is 1. The number of hydrogen-bond donors (Lipinski definition) is 1. The molecule has 0 amide bonds. The molecule has 1 N–H and O–H groups in total. The average molecular weight is 192 g/mol. The molecule has 0 aromatic carbocycles. The van der Waals surface area contributed by atoms with E-state index >= 15 is 0 Å². The van der Waals surface area contributed by atoms with Gasteiger partial charge in [0.1, 0.15) is 5.82 Å². The maximum Gasteiger partial charge on any atom is 0.128 e. The lowest BCUT2D eigenvalue weighted by Gasteiger charge is -2.19. The van der Waals surface area contributed by atoms with E-state index in [0.29, 0.717) is 6.54 Å². The van der Waals surface area contributed by atoms with E-state index in [1.807, 2.05) is 19.2 Å². The molecule has 1 fully saturated rings. The van der Waals surface area contributed by atoms with Gasteiger partial charge in [0, 0.05) is 19.3 Å². The second kappa shape index (κ2) is 3.24. The molecule has 3 heteroatoms. The maximum atomic E-state index is 9.83. The fourth-order valence-electron chi connectivity index (χ4n) is 1.83. The minimum Gasteiger partial charge on any atom is -0.388 e. The highest BCUT2D eigenvalue weighted by molar-refractivity contribution is 5.42. The first kappa shape index (κ1) is 9.46. The zero-order valence-corrected chi connectivity index (χ0v) is 8.70. The van der Waals surface area contributed by atoms with Crippen molar-refractivity contribution in [2.24, 2.45) is 0 Å². The Morgan fingerprint density at radius 1 is 1.57 bits per heavy atom. The van der Waals surface area contributed by atoms with Gasteiger partial charge < -0.3 is 10.0 Å². The molecule has 76 valence electrons. The molecule has 1 aliphatic heterocycles. The van der Waals surface area contributed by atoms with Crippen molar-refractivity contribution in [2.75, 3.05) is 18.0 Å². The number of β-amino-alcohol motifs (C(OH)–C–C–N with tert-alkyl or cyclic N) is 1. The van der Waals surface area contributed by atoms with Crippen LogP contribution in [0.2, 0.25) is 0 Å². The number of nitrogens with zero attached hydrogens (tertiary/aromatic N) is 2. The minimum atomic E-state index is -0.550. The molecule has 1 atom stereocenters. The molecule has 1 unspecified atom stereocenters. The molecule has 0 radical (unpaired) electrons. The van der Waals surface area contributed by atoms with Crippen molar-refractivity contribution in [1.82, 2.24) is 4.98 Å². The fraction of sp³-hybridized carbons (Fsp3) is 0.545. The normalized spacial score (nSPS) is 26.9. The number of pyridine rings is 1. The van der Waals surface area contributed by atoms with Gasteiger partial charge in [-0.05, 0) is 38.0 Å². The summed E-state index contributed by atoms with van der Waals surface area (Å²) in [4.78, 5) is 6.43. The Hall–Kier alpha value is -1.09. The Morgan fingerprint density at radius 3 is 2.93 bits per heavy atom. The largest absolute Gasteiger partial charge is 0.388 e. The van der Waals surface area contributed by atoms with Gasteiger partial charge in [0.25, 0.3) is 0 Å². The average Bonchev–Trinajstić information content (AvgIpc) is 2.46. The van der Waals surface area contributed by atoms with Crippen LogP contribution in [-0.4, -0.2) is 28.8 Å². The van der Waals surface area contributed by atoms with Crippen LogP contribution >= 0.6 is 0 Å². The van der Waals surface area contributed by atoms with Gasteiger partial charge in [-0.25, -0.2) is 4.98 Å². The first-order valence-electron chi connectivity index (χ1n) is 4.97.